The molecule has 0 aliphatic carbocycles. The van der Waals surface area contributed by atoms with Gasteiger partial charge in [-0.2, -0.15) is 13.2 Å². The van der Waals surface area contributed by atoms with Crippen LogP contribution in [0.4, 0.5) is 13.2 Å². The van der Waals surface area contributed by atoms with Gasteiger partial charge in [-0.25, -0.2) is 0 Å². The van der Waals surface area contributed by atoms with Crippen LogP contribution in [0, 0.1) is 6.92 Å². The Hall–Kier alpha value is -1.88. The number of hydrogen-bond donors (Lipinski definition) is 1. The van der Waals surface area contributed by atoms with Gasteiger partial charge in [-0.05, 0) is 60.7 Å². The molecule has 0 amide bonds. The number of aromatic nitrogens is 1. The van der Waals surface area contributed by atoms with Crippen molar-refractivity contribution in [3.8, 4) is 0 Å². The monoisotopic (exact) mass is 294 g/mol. The van der Waals surface area contributed by atoms with Crippen LogP contribution in [0.25, 0.3) is 0 Å². The van der Waals surface area contributed by atoms with Gasteiger partial charge in [0.05, 0.1) is 5.56 Å². The molecule has 1 aromatic heterocycles. The number of hydrogen-bond acceptors (Lipinski definition) is 2. The van der Waals surface area contributed by atoms with Gasteiger partial charge in [-0.1, -0.05) is 6.07 Å². The number of halogens is 3. The molecule has 2 rings (SSSR count). The molecule has 0 saturated carbocycles. The molecule has 1 unspecified atom stereocenters. The van der Waals surface area contributed by atoms with Gasteiger partial charge in [-0.3, -0.25) is 4.98 Å². The van der Waals surface area contributed by atoms with Crippen LogP contribution in [0.5, 0.6) is 0 Å². The van der Waals surface area contributed by atoms with Crippen LogP contribution in [0.3, 0.4) is 0 Å². The van der Waals surface area contributed by atoms with Crippen molar-refractivity contribution < 1.29 is 13.2 Å². The number of nitrogens with two attached hydrogens (primary N) is 1. The third-order valence-electron chi connectivity index (χ3n) is 3.49. The molecule has 2 aromatic rings. The summed E-state index contributed by atoms with van der Waals surface area (Å²) in [5.41, 5.74) is 7.92. The molecular formula is C16H17F3N2. The van der Waals surface area contributed by atoms with Crippen LogP contribution < -0.4 is 5.73 Å². The van der Waals surface area contributed by atoms with Gasteiger partial charge in [0.15, 0.2) is 0 Å². The minimum atomic E-state index is -4.32. The summed E-state index contributed by atoms with van der Waals surface area (Å²) in [7, 11) is 0. The van der Waals surface area contributed by atoms with Gasteiger partial charge in [0.25, 0.3) is 0 Å². The van der Waals surface area contributed by atoms with Gasteiger partial charge in [0, 0.05) is 18.4 Å². The van der Waals surface area contributed by atoms with E-state index in [2.05, 4.69) is 4.98 Å². The lowest BCUT2D eigenvalue weighted by Crippen LogP contribution is -2.14. The first-order valence-electron chi connectivity index (χ1n) is 6.70. The molecule has 0 aliphatic rings. The minimum absolute atomic E-state index is 0.277. The third-order valence-corrected chi connectivity index (χ3v) is 3.49. The molecule has 0 fully saturated rings. The van der Waals surface area contributed by atoms with Crippen LogP contribution >= 0.6 is 0 Å². The van der Waals surface area contributed by atoms with Crippen LogP contribution in [-0.2, 0) is 12.6 Å². The Morgan fingerprint density at radius 3 is 2.38 bits per heavy atom. The SMILES string of the molecule is Cc1cc(C(F)(F)F)ccc1C(N)CCc1ccncc1. The molecule has 0 saturated heterocycles. The highest BCUT2D eigenvalue weighted by Crippen LogP contribution is 2.31. The fourth-order valence-electron chi connectivity index (χ4n) is 2.30. The first-order chi connectivity index (χ1) is 9.88. The normalized spacial score (nSPS) is 13.2. The molecular weight excluding hydrogens is 277 g/mol. The second-order valence-electron chi connectivity index (χ2n) is 5.07. The third kappa shape index (κ3) is 4.04. The highest BCUT2D eigenvalue weighted by molar-refractivity contribution is 5.34. The van der Waals surface area contributed by atoms with Gasteiger partial charge in [-0.15, -0.1) is 0 Å². The molecule has 0 radical (unpaired) electrons. The highest BCUT2D eigenvalue weighted by Gasteiger charge is 2.30. The van der Waals surface area contributed by atoms with Gasteiger partial charge in [0.2, 0.25) is 0 Å². The van der Waals surface area contributed by atoms with E-state index in [1.165, 1.54) is 6.07 Å². The van der Waals surface area contributed by atoms with E-state index < -0.39 is 11.7 Å². The maximum absolute atomic E-state index is 12.6. The number of aryl methyl sites for hydroxylation is 2. The predicted octanol–water partition coefficient (Wildman–Crippen LogP) is 4.04. The lowest BCUT2D eigenvalue weighted by Gasteiger charge is -2.16. The number of benzene rings is 1. The van der Waals surface area contributed by atoms with Crippen molar-refractivity contribution in [1.82, 2.24) is 4.98 Å². The molecule has 0 spiro atoms. The smallest absolute Gasteiger partial charge is 0.324 e. The topological polar surface area (TPSA) is 38.9 Å². The number of pyridine rings is 1. The zero-order chi connectivity index (χ0) is 15.5. The van der Waals surface area contributed by atoms with Crippen LogP contribution in [0.15, 0.2) is 42.7 Å². The minimum Gasteiger partial charge on any atom is -0.324 e. The summed E-state index contributed by atoms with van der Waals surface area (Å²) in [6, 6.07) is 7.27. The summed E-state index contributed by atoms with van der Waals surface area (Å²) in [6.45, 7) is 1.66. The van der Waals surface area contributed by atoms with Gasteiger partial charge >= 0.3 is 6.18 Å². The lowest BCUT2D eigenvalue weighted by molar-refractivity contribution is -0.137. The Bertz CT molecular complexity index is 594. The molecule has 21 heavy (non-hydrogen) atoms. The van der Waals surface area contributed by atoms with Crippen LogP contribution in [0.2, 0.25) is 0 Å². The summed E-state index contributed by atoms with van der Waals surface area (Å²) >= 11 is 0. The second kappa shape index (κ2) is 6.26. The van der Waals surface area contributed by atoms with E-state index in [-0.39, 0.29) is 6.04 Å². The van der Waals surface area contributed by atoms with E-state index in [1.54, 1.807) is 19.3 Å². The maximum atomic E-state index is 12.6. The second-order valence-corrected chi connectivity index (χ2v) is 5.07. The average molecular weight is 294 g/mol. The summed E-state index contributed by atoms with van der Waals surface area (Å²) in [6.07, 6.45) is 0.555. The highest BCUT2D eigenvalue weighted by atomic mass is 19.4. The average Bonchev–Trinajstić information content (AvgIpc) is 2.45. The van der Waals surface area contributed by atoms with E-state index in [1.807, 2.05) is 12.1 Å². The largest absolute Gasteiger partial charge is 0.416 e. The lowest BCUT2D eigenvalue weighted by atomic mass is 9.95. The summed E-state index contributed by atoms with van der Waals surface area (Å²) in [5.74, 6) is 0. The fourth-order valence-corrected chi connectivity index (χ4v) is 2.30. The molecule has 112 valence electrons. The van der Waals surface area contributed by atoms with Crippen molar-refractivity contribution in [2.24, 2.45) is 5.73 Å². The van der Waals surface area contributed by atoms with Crippen molar-refractivity contribution in [3.63, 3.8) is 0 Å². The molecule has 2 N–H and O–H groups in total. The zero-order valence-electron chi connectivity index (χ0n) is 11.7. The maximum Gasteiger partial charge on any atom is 0.416 e. The van der Waals surface area contributed by atoms with Crippen LogP contribution in [-0.4, -0.2) is 4.98 Å². The molecule has 1 heterocycles. The van der Waals surface area contributed by atoms with E-state index in [9.17, 15) is 13.2 Å². The van der Waals surface area contributed by atoms with E-state index in [0.717, 1.165) is 29.7 Å². The first-order valence-corrected chi connectivity index (χ1v) is 6.70. The van der Waals surface area contributed by atoms with Crippen molar-refractivity contribution >= 4 is 0 Å². The van der Waals surface area contributed by atoms with Crippen molar-refractivity contribution in [2.75, 3.05) is 0 Å². The van der Waals surface area contributed by atoms with E-state index >= 15 is 0 Å². The van der Waals surface area contributed by atoms with Crippen molar-refractivity contribution in [3.05, 3.63) is 65.0 Å². The first kappa shape index (κ1) is 15.5. The summed E-state index contributed by atoms with van der Waals surface area (Å²) in [4.78, 5) is 3.94. The molecule has 5 heteroatoms. The van der Waals surface area contributed by atoms with Crippen LogP contribution in [0.1, 0.15) is 34.7 Å². The Labute approximate surface area is 121 Å². The Kier molecular flexibility index (Phi) is 4.63. The summed E-state index contributed by atoms with van der Waals surface area (Å²) in [5, 5.41) is 0. The quantitative estimate of drug-likeness (QED) is 0.924. The summed E-state index contributed by atoms with van der Waals surface area (Å²) < 4.78 is 37.9. The van der Waals surface area contributed by atoms with E-state index in [4.69, 9.17) is 5.73 Å². The molecule has 1 atom stereocenters. The Balaban J connectivity index is 2.07. The molecule has 2 nitrogen and oxygen atoms in total. The predicted molar refractivity (Wildman–Crippen MR) is 75.7 cm³/mol. The number of nitrogens with zero attached hydrogens (tertiary/aromatic N) is 1. The molecule has 1 aromatic carbocycles. The molecule has 0 aliphatic heterocycles. The Morgan fingerprint density at radius 1 is 1.14 bits per heavy atom. The van der Waals surface area contributed by atoms with Crippen molar-refractivity contribution in [1.29, 1.82) is 0 Å². The Morgan fingerprint density at radius 2 is 1.81 bits per heavy atom. The number of alkyl halides is 3. The van der Waals surface area contributed by atoms with Gasteiger partial charge < -0.3 is 5.73 Å². The number of rotatable bonds is 4. The zero-order valence-corrected chi connectivity index (χ0v) is 11.7. The fraction of sp³-hybridized carbons (Fsp3) is 0.312. The van der Waals surface area contributed by atoms with Crippen molar-refractivity contribution in [2.45, 2.75) is 32.0 Å². The van der Waals surface area contributed by atoms with E-state index in [0.29, 0.717) is 12.0 Å². The van der Waals surface area contributed by atoms with Gasteiger partial charge in [0.1, 0.15) is 0 Å². The molecule has 0 bridgehead atoms. The standard InChI is InChI=1S/C16H17F3N2/c1-11-10-13(16(17,18)19)3-4-14(11)15(20)5-2-12-6-8-21-9-7-12/h3-4,6-10,15H,2,5,20H2,1H3.